The molecule has 0 fully saturated rings. The van der Waals surface area contributed by atoms with E-state index in [-0.39, 0.29) is 22.9 Å². The number of nitrogens with zero attached hydrogens (tertiary/aromatic N) is 3. The number of rotatable bonds is 15. The molecular formula is C38H41N5O5S2. The highest BCUT2D eigenvalue weighted by Gasteiger charge is 2.22. The van der Waals surface area contributed by atoms with Crippen molar-refractivity contribution in [2.75, 3.05) is 51.9 Å². The van der Waals surface area contributed by atoms with Crippen LogP contribution in [0.1, 0.15) is 46.4 Å². The molecular weight excluding hydrogens is 671 g/mol. The number of benzene rings is 3. The molecule has 1 aliphatic heterocycles. The molecule has 0 bridgehead atoms. The molecule has 3 aromatic rings. The minimum Gasteiger partial charge on any atom is -0.545 e. The van der Waals surface area contributed by atoms with Gasteiger partial charge in [-0.25, -0.2) is 9.56 Å². The first kappa shape index (κ1) is 36.5. The summed E-state index contributed by atoms with van der Waals surface area (Å²) in [7, 11) is 10.9. The normalized spacial score (nSPS) is 11.0. The summed E-state index contributed by atoms with van der Waals surface area (Å²) in [6.45, 7) is 0.999. The summed E-state index contributed by atoms with van der Waals surface area (Å²) >= 11 is 0. The van der Waals surface area contributed by atoms with Crippen LogP contribution in [0.5, 0.6) is 0 Å². The fraction of sp³-hybridized carbons (Fsp3) is 0.289. The number of carboxylic acid groups (broad SMARTS) is 1. The maximum Gasteiger partial charge on any atom is 0.251 e. The number of hydrogen-bond acceptors (Lipinski definition) is 9. The fourth-order valence-electron chi connectivity index (χ4n) is 5.47. The van der Waals surface area contributed by atoms with Crippen LogP contribution >= 0.6 is 21.6 Å². The molecule has 1 aromatic heterocycles. The first-order valence-electron chi connectivity index (χ1n) is 16.4. The van der Waals surface area contributed by atoms with E-state index in [0.29, 0.717) is 47.7 Å². The van der Waals surface area contributed by atoms with Gasteiger partial charge in [-0.1, -0.05) is 22.9 Å². The van der Waals surface area contributed by atoms with Gasteiger partial charge in [0.2, 0.25) is 11.3 Å². The molecule has 2 N–H and O–H groups in total. The summed E-state index contributed by atoms with van der Waals surface area (Å²) in [5, 5.41) is 21.0. The van der Waals surface area contributed by atoms with Gasteiger partial charge in [0.1, 0.15) is 30.5 Å². The molecule has 2 heterocycles. The van der Waals surface area contributed by atoms with Crippen molar-refractivity contribution in [3.8, 4) is 22.5 Å². The lowest BCUT2D eigenvalue weighted by atomic mass is 9.89. The second-order valence-electron chi connectivity index (χ2n) is 12.2. The summed E-state index contributed by atoms with van der Waals surface area (Å²) in [6.07, 6.45) is 4.52. The first-order valence-corrected chi connectivity index (χ1v) is 18.7. The van der Waals surface area contributed by atoms with Crippen molar-refractivity contribution < 1.29 is 23.9 Å². The van der Waals surface area contributed by atoms with Crippen LogP contribution in [0.25, 0.3) is 33.4 Å². The molecule has 0 unspecified atom stereocenters. The zero-order valence-electron chi connectivity index (χ0n) is 28.7. The number of amides is 2. The quantitative estimate of drug-likeness (QED) is 0.0674. The number of fused-ring (bicyclic) bond motifs is 2. The number of hydrogen-bond donors (Lipinski definition) is 2. The topological polar surface area (TPSA) is 131 Å². The molecule has 50 heavy (non-hydrogen) atoms. The van der Waals surface area contributed by atoms with Gasteiger partial charge in [0.15, 0.2) is 0 Å². The van der Waals surface area contributed by atoms with Crippen LogP contribution in [0.3, 0.4) is 0 Å². The molecule has 0 saturated carbocycles. The Bertz CT molecular complexity index is 2030. The Morgan fingerprint density at radius 3 is 2.40 bits per heavy atom. The molecule has 0 saturated heterocycles. The van der Waals surface area contributed by atoms with E-state index >= 15 is 0 Å². The van der Waals surface area contributed by atoms with E-state index in [4.69, 9.17) is 4.42 Å². The third kappa shape index (κ3) is 9.25. The molecule has 1 aliphatic carbocycles. The maximum absolute atomic E-state index is 13.1. The van der Waals surface area contributed by atoms with Crippen molar-refractivity contribution in [1.29, 1.82) is 0 Å². The van der Waals surface area contributed by atoms with Crippen molar-refractivity contribution in [3.05, 3.63) is 95.5 Å². The van der Waals surface area contributed by atoms with E-state index in [0.717, 1.165) is 46.3 Å². The average molecular weight is 712 g/mol. The summed E-state index contributed by atoms with van der Waals surface area (Å²) < 4.78 is 8.34. The highest BCUT2D eigenvalue weighted by Crippen LogP contribution is 2.42. The van der Waals surface area contributed by atoms with Crippen LogP contribution in [0.2, 0.25) is 0 Å². The summed E-state index contributed by atoms with van der Waals surface area (Å²) in [5.74, 6) is -0.419. The monoisotopic (exact) mass is 711 g/mol. The molecule has 0 spiro atoms. The Morgan fingerprint density at radius 2 is 1.68 bits per heavy atom. The number of anilines is 1. The van der Waals surface area contributed by atoms with Crippen LogP contribution < -0.4 is 30.6 Å². The van der Waals surface area contributed by atoms with Crippen LogP contribution in [0, 0.1) is 0 Å². The SMILES string of the molecule is CN(C)c1ccc2c(-c3ccc(C(=O)NCCCCCNC(=O)CCSSc4ccccn4)cc3C(=O)[O-])c3ccc(=[N+](C)C)cc-3oc2c1. The van der Waals surface area contributed by atoms with Gasteiger partial charge in [0.05, 0.1) is 12.0 Å². The van der Waals surface area contributed by atoms with Crippen molar-refractivity contribution in [2.45, 2.75) is 30.7 Å². The van der Waals surface area contributed by atoms with Gasteiger partial charge >= 0.3 is 0 Å². The summed E-state index contributed by atoms with van der Waals surface area (Å²) in [5.41, 5.74) is 3.58. The maximum atomic E-state index is 13.1. The van der Waals surface area contributed by atoms with Crippen LogP contribution in [0.15, 0.2) is 88.4 Å². The number of aromatic nitrogens is 1. The van der Waals surface area contributed by atoms with E-state index in [2.05, 4.69) is 15.6 Å². The van der Waals surface area contributed by atoms with Gasteiger partial charge in [-0.2, -0.15) is 0 Å². The lowest BCUT2D eigenvalue weighted by Crippen LogP contribution is -2.27. The number of unbranched alkanes of at least 4 members (excludes halogenated alkanes) is 2. The zero-order valence-corrected chi connectivity index (χ0v) is 30.3. The Morgan fingerprint density at radius 1 is 0.900 bits per heavy atom. The first-order chi connectivity index (χ1) is 24.1. The minimum atomic E-state index is -1.38. The number of nitrogens with one attached hydrogen (secondary N) is 2. The van der Waals surface area contributed by atoms with Gasteiger partial charge in [0, 0.05) is 91.0 Å². The molecule has 0 atom stereocenters. The largest absolute Gasteiger partial charge is 0.545 e. The Kier molecular flexibility index (Phi) is 12.6. The van der Waals surface area contributed by atoms with E-state index in [9.17, 15) is 19.5 Å². The lowest BCUT2D eigenvalue weighted by molar-refractivity contribution is -0.254. The number of aromatic carboxylic acids is 1. The van der Waals surface area contributed by atoms with Gasteiger partial charge in [-0.05, 0) is 78.1 Å². The number of carboxylic acids is 1. The molecule has 0 radical (unpaired) electrons. The minimum absolute atomic E-state index is 0.0158. The van der Waals surface area contributed by atoms with Crippen molar-refractivity contribution in [1.82, 2.24) is 20.2 Å². The van der Waals surface area contributed by atoms with Gasteiger partial charge in [-0.3, -0.25) is 9.59 Å². The van der Waals surface area contributed by atoms with Gasteiger partial charge < -0.3 is 29.9 Å². The fourth-order valence-corrected chi connectivity index (χ4v) is 7.34. The van der Waals surface area contributed by atoms with E-state index < -0.39 is 5.97 Å². The number of carbonyl (C=O) groups is 3. The molecule has 2 aliphatic rings. The zero-order chi connectivity index (χ0) is 35.6. The summed E-state index contributed by atoms with van der Waals surface area (Å²) in [6, 6.07) is 22.1. The van der Waals surface area contributed by atoms with Crippen molar-refractivity contribution in [3.63, 3.8) is 0 Å². The second-order valence-corrected chi connectivity index (χ2v) is 14.6. The predicted molar refractivity (Wildman–Crippen MR) is 200 cm³/mol. The smallest absolute Gasteiger partial charge is 0.251 e. The molecule has 2 amide bonds. The van der Waals surface area contributed by atoms with E-state index in [1.807, 2.05) is 92.3 Å². The van der Waals surface area contributed by atoms with Crippen LogP contribution in [-0.4, -0.2) is 69.8 Å². The van der Waals surface area contributed by atoms with E-state index in [1.165, 1.54) is 6.07 Å². The van der Waals surface area contributed by atoms with Crippen LogP contribution in [0.4, 0.5) is 5.69 Å². The molecule has 2 aromatic carbocycles. The summed E-state index contributed by atoms with van der Waals surface area (Å²) in [4.78, 5) is 44.0. The van der Waals surface area contributed by atoms with E-state index in [1.54, 1.807) is 39.9 Å². The Balaban J connectivity index is 1.21. The highest BCUT2D eigenvalue weighted by atomic mass is 33.1. The Hall–Kier alpha value is -4.81. The average Bonchev–Trinajstić information content (AvgIpc) is 3.11. The van der Waals surface area contributed by atoms with Gasteiger partial charge in [-0.15, -0.1) is 0 Å². The van der Waals surface area contributed by atoms with Crippen molar-refractivity contribution in [2.24, 2.45) is 0 Å². The second kappa shape index (κ2) is 17.2. The number of pyridine rings is 1. The third-order valence-electron chi connectivity index (χ3n) is 8.15. The molecule has 5 rings (SSSR count). The standard InChI is InChI=1S/C38H41N5O5S2/c1-42(2)26-12-15-29-32(23-26)48-33-24-27(43(3)4)13-16-30(33)36(29)28-14-11-25(22-31(28)38(46)47)37(45)41-20-8-5-7-18-39-34(44)17-21-49-50-35-10-6-9-19-40-35/h6,9-16,19,22-24H,5,7-8,17-18,20-21H2,1-4H3,(H2-,39,41,44,45,46,47). The third-order valence-corrected chi connectivity index (χ3v) is 10.4. The van der Waals surface area contributed by atoms with Gasteiger partial charge in [0.25, 0.3) is 5.91 Å². The highest BCUT2D eigenvalue weighted by molar-refractivity contribution is 8.76. The predicted octanol–water partition coefficient (Wildman–Crippen LogP) is 4.91. The lowest BCUT2D eigenvalue weighted by Gasteiger charge is -2.20. The number of carbonyl (C=O) groups excluding carboxylic acids is 3. The Labute approximate surface area is 299 Å². The van der Waals surface area contributed by atoms with Crippen LogP contribution in [-0.2, 0) is 4.79 Å². The molecule has 12 heteroatoms. The molecule has 260 valence electrons. The molecule has 10 nitrogen and oxygen atoms in total. The van der Waals surface area contributed by atoms with Crippen molar-refractivity contribution >= 4 is 56.0 Å².